The van der Waals surface area contributed by atoms with Crippen molar-refractivity contribution in [1.29, 1.82) is 0 Å². The molecule has 0 bridgehead atoms. The fraction of sp³-hybridized carbons (Fsp3) is 0.222. The molecular weight excluding hydrogens is 594 g/mol. The van der Waals surface area contributed by atoms with Crippen molar-refractivity contribution in [2.24, 2.45) is 0 Å². The summed E-state index contributed by atoms with van der Waals surface area (Å²) in [7, 11) is 0. The summed E-state index contributed by atoms with van der Waals surface area (Å²) in [4.78, 5) is 17.3. The summed E-state index contributed by atoms with van der Waals surface area (Å²) in [5.74, 6) is -3.36. The van der Waals surface area contributed by atoms with E-state index in [0.29, 0.717) is 18.6 Å². The third-order valence-electron chi connectivity index (χ3n) is 6.31. The summed E-state index contributed by atoms with van der Waals surface area (Å²) in [5.41, 5.74) is -1.51. The van der Waals surface area contributed by atoms with Gasteiger partial charge in [-0.15, -0.1) is 0 Å². The van der Waals surface area contributed by atoms with Crippen LogP contribution in [0.5, 0.6) is 0 Å². The lowest BCUT2D eigenvalue weighted by Crippen LogP contribution is -2.29. The van der Waals surface area contributed by atoms with E-state index in [2.05, 4.69) is 15.6 Å². The normalized spacial score (nSPS) is 13.9. The van der Waals surface area contributed by atoms with Crippen LogP contribution < -0.4 is 10.4 Å². The van der Waals surface area contributed by atoms with Gasteiger partial charge < -0.3 is 13.8 Å². The van der Waals surface area contributed by atoms with E-state index in [1.54, 1.807) is 6.92 Å². The zero-order valence-electron chi connectivity index (χ0n) is 21.8. The van der Waals surface area contributed by atoms with Gasteiger partial charge in [-0.05, 0) is 36.8 Å². The number of benzene rings is 2. The maximum Gasteiger partial charge on any atom is 0.417 e. The summed E-state index contributed by atoms with van der Waals surface area (Å²) < 4.78 is 121. The second-order valence-electron chi connectivity index (χ2n) is 9.20. The predicted molar refractivity (Wildman–Crippen MR) is 135 cm³/mol. The molecule has 0 spiro atoms. The van der Waals surface area contributed by atoms with Crippen LogP contribution in [0.3, 0.4) is 0 Å². The maximum atomic E-state index is 14.3. The zero-order chi connectivity index (χ0) is 31.1. The first kappa shape index (κ1) is 29.6. The summed E-state index contributed by atoms with van der Waals surface area (Å²) in [6.45, 7) is 1.70. The van der Waals surface area contributed by atoms with Gasteiger partial charge in [0.05, 0.1) is 29.8 Å². The third kappa shape index (κ3) is 5.76. The molecule has 0 radical (unpaired) electrons. The van der Waals surface area contributed by atoms with Crippen molar-refractivity contribution in [1.82, 2.24) is 14.7 Å². The van der Waals surface area contributed by atoms with E-state index < -0.39 is 58.4 Å². The van der Waals surface area contributed by atoms with E-state index in [4.69, 9.17) is 9.26 Å². The fourth-order valence-electron chi connectivity index (χ4n) is 4.31. The van der Waals surface area contributed by atoms with Crippen molar-refractivity contribution < 1.29 is 49.2 Å². The summed E-state index contributed by atoms with van der Waals surface area (Å²) >= 11 is 0. The first-order valence-electron chi connectivity index (χ1n) is 12.5. The molecule has 8 nitrogen and oxygen atoms in total. The van der Waals surface area contributed by atoms with Gasteiger partial charge in [0.2, 0.25) is 0 Å². The van der Waals surface area contributed by atoms with Crippen LogP contribution in [0.4, 0.5) is 46.6 Å². The second-order valence-corrected chi connectivity index (χ2v) is 9.20. The smallest absolute Gasteiger partial charge is 0.417 e. The molecule has 1 N–H and O–H groups in total. The average molecular weight is 613 g/mol. The number of hydrogen-bond donors (Lipinski definition) is 1. The molecule has 4 aromatic rings. The Bertz CT molecular complexity index is 1690. The minimum Gasteiger partial charge on any atom is -0.464 e. The van der Waals surface area contributed by atoms with Gasteiger partial charge in [0, 0.05) is 17.8 Å². The Morgan fingerprint density at radius 1 is 1.07 bits per heavy atom. The number of hydrazine groups is 1. The van der Waals surface area contributed by atoms with Crippen LogP contribution in [0.25, 0.3) is 17.3 Å². The van der Waals surface area contributed by atoms with Crippen molar-refractivity contribution in [3.8, 4) is 11.3 Å². The third-order valence-corrected chi connectivity index (χ3v) is 6.31. The number of aromatic nitrogens is 3. The molecule has 0 fully saturated rings. The largest absolute Gasteiger partial charge is 0.464 e. The molecule has 0 saturated heterocycles. The van der Waals surface area contributed by atoms with Gasteiger partial charge in [-0.25, -0.2) is 18.6 Å². The number of nitrogens with one attached hydrogen (secondary N) is 1. The zero-order valence-corrected chi connectivity index (χ0v) is 21.8. The molecule has 1 aliphatic rings. The van der Waals surface area contributed by atoms with Crippen LogP contribution >= 0.6 is 0 Å². The SMILES string of the molecule is CCCOC(=O)C(c1cc(-c2ccc(C(F)(F)F)cc2C(F)(F)F)no1)n1cnc2c1C=CN(c1cccc(F)c1F)N2. The second kappa shape index (κ2) is 11.1. The van der Waals surface area contributed by atoms with Gasteiger partial charge in [0.1, 0.15) is 11.4 Å². The Labute approximate surface area is 237 Å². The number of imidazole rings is 1. The first-order chi connectivity index (χ1) is 20.3. The highest BCUT2D eigenvalue weighted by molar-refractivity contribution is 5.80. The monoisotopic (exact) mass is 613 g/mol. The minimum absolute atomic E-state index is 0.0228. The Balaban J connectivity index is 1.54. The molecule has 43 heavy (non-hydrogen) atoms. The van der Waals surface area contributed by atoms with Gasteiger partial charge in [-0.2, -0.15) is 26.3 Å². The standard InChI is InChI=1S/C27H19F8N5O3/c1-2-10-42-25(41)23(39-13-36-24-20(39)8-9-40(37-24)19-5-3-4-17(28)22(19)29)21-12-18(38-43-21)15-7-6-14(26(30,31)32)11-16(15)27(33,34)35/h3-9,11-13,23,37H,2,10H2,1H3. The number of alkyl halides is 6. The Morgan fingerprint density at radius 2 is 1.84 bits per heavy atom. The van der Waals surface area contributed by atoms with E-state index >= 15 is 0 Å². The van der Waals surface area contributed by atoms with E-state index in [1.165, 1.54) is 35.3 Å². The van der Waals surface area contributed by atoms with Crippen molar-refractivity contribution in [2.75, 3.05) is 17.0 Å². The fourth-order valence-corrected chi connectivity index (χ4v) is 4.31. The first-order valence-corrected chi connectivity index (χ1v) is 12.5. The van der Waals surface area contributed by atoms with E-state index in [1.807, 2.05) is 0 Å². The Hall–Kier alpha value is -4.89. The topological polar surface area (TPSA) is 85.4 Å². The molecule has 5 rings (SSSR count). The number of fused-ring (bicyclic) bond motifs is 1. The van der Waals surface area contributed by atoms with Crippen LogP contribution in [0, 0.1) is 11.6 Å². The van der Waals surface area contributed by atoms with Crippen LogP contribution in [0.2, 0.25) is 0 Å². The molecule has 2 aromatic carbocycles. The molecular formula is C27H19F8N5O3. The Morgan fingerprint density at radius 3 is 2.53 bits per heavy atom. The molecule has 3 heterocycles. The number of carbonyl (C=O) groups excluding carboxylic acids is 1. The number of esters is 1. The molecule has 226 valence electrons. The van der Waals surface area contributed by atoms with Crippen molar-refractivity contribution in [3.05, 3.63) is 89.2 Å². The predicted octanol–water partition coefficient (Wildman–Crippen LogP) is 7.21. The van der Waals surface area contributed by atoms with Crippen LogP contribution in [-0.4, -0.2) is 27.3 Å². The van der Waals surface area contributed by atoms with Gasteiger partial charge in [0.25, 0.3) is 0 Å². The van der Waals surface area contributed by atoms with Gasteiger partial charge in [-0.3, -0.25) is 10.4 Å². The van der Waals surface area contributed by atoms with E-state index in [0.717, 1.165) is 17.1 Å². The molecule has 0 saturated carbocycles. The molecule has 0 amide bonds. The molecule has 0 aliphatic carbocycles. The number of nitrogens with zero attached hydrogens (tertiary/aromatic N) is 4. The van der Waals surface area contributed by atoms with Gasteiger partial charge in [0.15, 0.2) is 29.3 Å². The number of anilines is 2. The quantitative estimate of drug-likeness (QED) is 0.174. The summed E-state index contributed by atoms with van der Waals surface area (Å²) in [6.07, 6.45) is -5.89. The van der Waals surface area contributed by atoms with Gasteiger partial charge >= 0.3 is 18.3 Å². The molecule has 1 atom stereocenters. The lowest BCUT2D eigenvalue weighted by Gasteiger charge is -2.26. The highest BCUT2D eigenvalue weighted by atomic mass is 19.4. The van der Waals surface area contributed by atoms with Crippen LogP contribution in [-0.2, 0) is 21.9 Å². The van der Waals surface area contributed by atoms with Crippen molar-refractivity contribution in [3.63, 3.8) is 0 Å². The molecule has 16 heteroatoms. The number of carbonyl (C=O) groups is 1. The van der Waals surface area contributed by atoms with Crippen LogP contribution in [0.15, 0.2) is 59.5 Å². The molecule has 1 aliphatic heterocycles. The lowest BCUT2D eigenvalue weighted by molar-refractivity contribution is -0.147. The number of halogens is 8. The van der Waals surface area contributed by atoms with E-state index in [-0.39, 0.29) is 35.6 Å². The van der Waals surface area contributed by atoms with Crippen LogP contribution in [0.1, 0.15) is 42.0 Å². The lowest BCUT2D eigenvalue weighted by atomic mass is 10.00. The van der Waals surface area contributed by atoms with E-state index in [9.17, 15) is 39.9 Å². The Kier molecular flexibility index (Phi) is 7.62. The average Bonchev–Trinajstić information content (AvgIpc) is 3.60. The maximum absolute atomic E-state index is 14.3. The van der Waals surface area contributed by atoms with Crippen molar-refractivity contribution >= 4 is 23.6 Å². The molecule has 2 aromatic heterocycles. The number of rotatable bonds is 7. The number of hydrogen-bond acceptors (Lipinski definition) is 7. The minimum atomic E-state index is -5.18. The molecule has 1 unspecified atom stereocenters. The highest BCUT2D eigenvalue weighted by Gasteiger charge is 2.40. The van der Waals surface area contributed by atoms with Crippen molar-refractivity contribution in [2.45, 2.75) is 31.7 Å². The number of ether oxygens (including phenoxy) is 1. The summed E-state index contributed by atoms with van der Waals surface area (Å²) in [6, 6.07) is 4.08. The highest BCUT2D eigenvalue weighted by Crippen LogP contribution is 2.41. The summed E-state index contributed by atoms with van der Waals surface area (Å²) in [5, 5.41) is 4.75. The van der Waals surface area contributed by atoms with Gasteiger partial charge in [-0.1, -0.05) is 24.2 Å².